The first-order valence-electron chi connectivity index (χ1n) is 8.21. The molecule has 1 aliphatic carbocycles. The van der Waals surface area contributed by atoms with Crippen molar-refractivity contribution in [3.05, 3.63) is 23.7 Å². The van der Waals surface area contributed by atoms with E-state index >= 15 is 0 Å². The molecule has 1 aliphatic heterocycles. The van der Waals surface area contributed by atoms with E-state index in [-0.39, 0.29) is 12.1 Å². The summed E-state index contributed by atoms with van der Waals surface area (Å²) in [5.74, 6) is 3.88. The van der Waals surface area contributed by atoms with Crippen molar-refractivity contribution in [2.75, 3.05) is 13.1 Å². The molecule has 2 fully saturated rings. The van der Waals surface area contributed by atoms with Crippen LogP contribution in [0.1, 0.15) is 56.6 Å². The van der Waals surface area contributed by atoms with E-state index < -0.39 is 0 Å². The van der Waals surface area contributed by atoms with Crippen LogP contribution in [-0.2, 0) is 0 Å². The highest BCUT2D eigenvalue weighted by Crippen LogP contribution is 2.39. The maximum absolute atomic E-state index is 6.28. The van der Waals surface area contributed by atoms with Gasteiger partial charge in [-0.25, -0.2) is 0 Å². The van der Waals surface area contributed by atoms with Gasteiger partial charge in [-0.15, -0.1) is 0 Å². The van der Waals surface area contributed by atoms with Crippen molar-refractivity contribution in [3.8, 4) is 0 Å². The Bertz CT molecular complexity index is 440. The monoisotopic (exact) mass is 276 g/mol. The predicted molar refractivity (Wildman–Crippen MR) is 81.5 cm³/mol. The van der Waals surface area contributed by atoms with Gasteiger partial charge in [0.15, 0.2) is 0 Å². The Hall–Kier alpha value is -0.800. The largest absolute Gasteiger partial charge is 0.465 e. The lowest BCUT2D eigenvalue weighted by Gasteiger charge is -2.44. The van der Waals surface area contributed by atoms with Gasteiger partial charge in [-0.1, -0.05) is 19.3 Å². The van der Waals surface area contributed by atoms with E-state index in [9.17, 15) is 0 Å². The predicted octanol–water partition coefficient (Wildman–Crippen LogP) is 3.49. The lowest BCUT2D eigenvalue weighted by Crippen LogP contribution is -2.47. The summed E-state index contributed by atoms with van der Waals surface area (Å²) >= 11 is 0. The Morgan fingerprint density at radius 1 is 1.20 bits per heavy atom. The summed E-state index contributed by atoms with van der Waals surface area (Å²) in [6.45, 7) is 6.49. The van der Waals surface area contributed by atoms with E-state index in [1.165, 1.54) is 45.2 Å². The van der Waals surface area contributed by atoms with Crippen molar-refractivity contribution in [1.29, 1.82) is 0 Å². The SMILES string of the molecule is Cc1ccc(C(C(C)N)N2CCC3CCCCC3C2)o1. The zero-order chi connectivity index (χ0) is 14.1. The number of nitrogens with zero attached hydrogens (tertiary/aromatic N) is 1. The summed E-state index contributed by atoms with van der Waals surface area (Å²) in [7, 11) is 0. The number of hydrogen-bond donors (Lipinski definition) is 1. The minimum atomic E-state index is 0.112. The van der Waals surface area contributed by atoms with Crippen molar-refractivity contribution in [2.24, 2.45) is 17.6 Å². The number of aryl methyl sites for hydroxylation is 1. The van der Waals surface area contributed by atoms with Gasteiger partial charge >= 0.3 is 0 Å². The molecule has 1 saturated carbocycles. The summed E-state index contributed by atoms with van der Waals surface area (Å²) < 4.78 is 5.87. The quantitative estimate of drug-likeness (QED) is 0.919. The molecule has 2 aliphatic rings. The highest BCUT2D eigenvalue weighted by Gasteiger charge is 2.36. The molecule has 3 rings (SSSR count). The summed E-state index contributed by atoms with van der Waals surface area (Å²) in [6.07, 6.45) is 7.05. The van der Waals surface area contributed by atoms with Crippen LogP contribution in [-0.4, -0.2) is 24.0 Å². The number of piperidine rings is 1. The van der Waals surface area contributed by atoms with Crippen LogP contribution in [0.25, 0.3) is 0 Å². The first kappa shape index (κ1) is 14.2. The van der Waals surface area contributed by atoms with Gasteiger partial charge in [-0.2, -0.15) is 0 Å². The molecule has 4 unspecified atom stereocenters. The minimum Gasteiger partial charge on any atom is -0.465 e. The van der Waals surface area contributed by atoms with E-state index in [4.69, 9.17) is 10.2 Å². The molecule has 2 heterocycles. The minimum absolute atomic E-state index is 0.112. The smallest absolute Gasteiger partial charge is 0.122 e. The zero-order valence-corrected chi connectivity index (χ0v) is 12.8. The van der Waals surface area contributed by atoms with Gasteiger partial charge < -0.3 is 10.2 Å². The highest BCUT2D eigenvalue weighted by molar-refractivity contribution is 5.12. The van der Waals surface area contributed by atoms with E-state index in [2.05, 4.69) is 24.0 Å². The number of likely N-dealkylation sites (tertiary alicyclic amines) is 1. The van der Waals surface area contributed by atoms with Crippen molar-refractivity contribution >= 4 is 0 Å². The molecule has 0 amide bonds. The number of hydrogen-bond acceptors (Lipinski definition) is 3. The molecule has 0 bridgehead atoms. The van der Waals surface area contributed by atoms with E-state index in [0.717, 1.165) is 23.4 Å². The maximum atomic E-state index is 6.28. The molecule has 112 valence electrons. The zero-order valence-electron chi connectivity index (χ0n) is 12.8. The van der Waals surface area contributed by atoms with Crippen molar-refractivity contribution in [2.45, 2.75) is 58.0 Å². The fourth-order valence-corrected chi connectivity index (χ4v) is 4.27. The molecular formula is C17H28N2O. The molecule has 1 saturated heterocycles. The molecule has 1 aromatic rings. The van der Waals surface area contributed by atoms with Gasteiger partial charge in [0.1, 0.15) is 11.5 Å². The first-order chi connectivity index (χ1) is 9.65. The fourth-order valence-electron chi connectivity index (χ4n) is 4.27. The van der Waals surface area contributed by atoms with Crippen molar-refractivity contribution < 1.29 is 4.42 Å². The average Bonchev–Trinajstić information content (AvgIpc) is 2.85. The standard InChI is InChI=1S/C17H28N2O/c1-12-7-8-16(20-12)17(13(2)18)19-10-9-14-5-3-4-6-15(14)11-19/h7-8,13-15,17H,3-6,9-11,18H2,1-2H3. The van der Waals surface area contributed by atoms with Crippen LogP contribution < -0.4 is 5.73 Å². The van der Waals surface area contributed by atoms with E-state index in [1.807, 2.05) is 6.92 Å². The number of rotatable bonds is 3. The summed E-state index contributed by atoms with van der Waals surface area (Å²) in [5, 5.41) is 0. The highest BCUT2D eigenvalue weighted by atomic mass is 16.3. The number of furan rings is 1. The third-order valence-electron chi connectivity index (χ3n) is 5.27. The molecule has 3 nitrogen and oxygen atoms in total. The van der Waals surface area contributed by atoms with Crippen LogP contribution in [0.2, 0.25) is 0 Å². The van der Waals surface area contributed by atoms with Crippen molar-refractivity contribution in [1.82, 2.24) is 4.90 Å². The summed E-state index contributed by atoms with van der Waals surface area (Å²) in [6, 6.07) is 4.52. The first-order valence-corrected chi connectivity index (χ1v) is 8.21. The van der Waals surface area contributed by atoms with Gasteiger partial charge in [-0.05, 0) is 57.2 Å². The molecule has 20 heavy (non-hydrogen) atoms. The Morgan fingerprint density at radius 2 is 1.95 bits per heavy atom. The average molecular weight is 276 g/mol. The lowest BCUT2D eigenvalue weighted by atomic mass is 9.74. The molecular weight excluding hydrogens is 248 g/mol. The Balaban J connectivity index is 1.75. The lowest BCUT2D eigenvalue weighted by molar-refractivity contribution is 0.0418. The number of nitrogens with two attached hydrogens (primary N) is 1. The second-order valence-electron chi connectivity index (χ2n) is 6.84. The summed E-state index contributed by atoms with van der Waals surface area (Å²) in [4.78, 5) is 2.58. The molecule has 4 atom stereocenters. The Kier molecular flexibility index (Phi) is 4.18. The van der Waals surface area contributed by atoms with E-state index in [0.29, 0.717) is 0 Å². The Labute approximate surface area is 122 Å². The van der Waals surface area contributed by atoms with Crippen LogP contribution in [0.5, 0.6) is 0 Å². The maximum Gasteiger partial charge on any atom is 0.122 e. The molecule has 0 radical (unpaired) electrons. The summed E-state index contributed by atoms with van der Waals surface area (Å²) in [5.41, 5.74) is 6.28. The van der Waals surface area contributed by atoms with Gasteiger partial charge in [0, 0.05) is 12.6 Å². The Morgan fingerprint density at radius 3 is 2.60 bits per heavy atom. The molecule has 0 spiro atoms. The van der Waals surface area contributed by atoms with E-state index in [1.54, 1.807) is 0 Å². The van der Waals surface area contributed by atoms with Crippen LogP contribution in [0.15, 0.2) is 16.5 Å². The fraction of sp³-hybridized carbons (Fsp3) is 0.765. The van der Waals surface area contributed by atoms with Crippen LogP contribution >= 0.6 is 0 Å². The van der Waals surface area contributed by atoms with Crippen LogP contribution in [0, 0.1) is 18.8 Å². The molecule has 3 heteroatoms. The molecule has 0 aromatic carbocycles. The molecule has 1 aromatic heterocycles. The topological polar surface area (TPSA) is 42.4 Å². The normalized spacial score (nSPS) is 30.8. The second kappa shape index (κ2) is 5.90. The van der Waals surface area contributed by atoms with Gasteiger partial charge in [0.05, 0.1) is 6.04 Å². The number of fused-ring (bicyclic) bond motifs is 1. The van der Waals surface area contributed by atoms with Crippen LogP contribution in [0.3, 0.4) is 0 Å². The second-order valence-corrected chi connectivity index (χ2v) is 6.84. The van der Waals surface area contributed by atoms with Gasteiger partial charge in [0.2, 0.25) is 0 Å². The van der Waals surface area contributed by atoms with Gasteiger partial charge in [0.25, 0.3) is 0 Å². The molecule has 2 N–H and O–H groups in total. The van der Waals surface area contributed by atoms with Crippen LogP contribution in [0.4, 0.5) is 0 Å². The van der Waals surface area contributed by atoms with Crippen molar-refractivity contribution in [3.63, 3.8) is 0 Å². The third kappa shape index (κ3) is 2.79. The van der Waals surface area contributed by atoms with Gasteiger partial charge in [-0.3, -0.25) is 4.90 Å². The third-order valence-corrected chi connectivity index (χ3v) is 5.27.